The molecule has 0 aliphatic heterocycles. The van der Waals surface area contributed by atoms with E-state index in [0.717, 1.165) is 12.0 Å². The quantitative estimate of drug-likeness (QED) is 0.586. The second kappa shape index (κ2) is 6.71. The summed E-state index contributed by atoms with van der Waals surface area (Å²) in [5.41, 5.74) is 2.23. The molecule has 0 radical (unpaired) electrons. The molecule has 0 saturated heterocycles. The Bertz CT molecular complexity index is 498. The van der Waals surface area contributed by atoms with Gasteiger partial charge in [0.1, 0.15) is 0 Å². The lowest BCUT2D eigenvalue weighted by molar-refractivity contribution is 0.320. The van der Waals surface area contributed by atoms with E-state index in [9.17, 15) is 8.42 Å². The summed E-state index contributed by atoms with van der Waals surface area (Å²) >= 11 is 0. The Hall–Kier alpha value is -1.13. The molecule has 0 amide bonds. The van der Waals surface area contributed by atoms with E-state index in [4.69, 9.17) is 4.18 Å². The maximum atomic E-state index is 11.9. The smallest absolute Gasteiger partial charge is 0.266 e. The first-order valence-corrected chi connectivity index (χ1v) is 7.50. The first-order chi connectivity index (χ1) is 8.49. The van der Waals surface area contributed by atoms with Crippen molar-refractivity contribution >= 4 is 10.1 Å². The summed E-state index contributed by atoms with van der Waals surface area (Å²) < 4.78 is 28.7. The summed E-state index contributed by atoms with van der Waals surface area (Å²) in [7, 11) is -3.62. The molecule has 18 heavy (non-hydrogen) atoms. The van der Waals surface area contributed by atoms with Gasteiger partial charge < -0.3 is 0 Å². The predicted molar refractivity (Wildman–Crippen MR) is 73.0 cm³/mol. The summed E-state index contributed by atoms with van der Waals surface area (Å²) in [6, 6.07) is 6.67. The van der Waals surface area contributed by atoms with E-state index in [0.29, 0.717) is 6.42 Å². The van der Waals surface area contributed by atoms with Gasteiger partial charge >= 0.3 is 0 Å². The van der Waals surface area contributed by atoms with Crippen LogP contribution in [0.25, 0.3) is 0 Å². The monoisotopic (exact) mass is 268 g/mol. The fourth-order valence-corrected chi connectivity index (χ4v) is 2.49. The Morgan fingerprint density at radius 2 is 1.89 bits per heavy atom. The number of benzene rings is 1. The maximum Gasteiger partial charge on any atom is 0.296 e. The Morgan fingerprint density at radius 1 is 1.28 bits per heavy atom. The van der Waals surface area contributed by atoms with Crippen molar-refractivity contribution in [3.05, 3.63) is 41.5 Å². The molecule has 4 heteroatoms. The van der Waals surface area contributed by atoms with Gasteiger partial charge in [0.25, 0.3) is 10.1 Å². The van der Waals surface area contributed by atoms with Crippen molar-refractivity contribution in [3.8, 4) is 0 Å². The molecule has 3 nitrogen and oxygen atoms in total. The molecule has 0 atom stereocenters. The third kappa shape index (κ3) is 4.27. The molecule has 0 bridgehead atoms. The SMILES string of the molecule is CC=C(CC)CCOS(=O)(=O)c1ccc(C)cc1. The van der Waals surface area contributed by atoms with Crippen molar-refractivity contribution in [2.24, 2.45) is 0 Å². The Labute approximate surface area is 110 Å². The summed E-state index contributed by atoms with van der Waals surface area (Å²) in [5.74, 6) is 0. The highest BCUT2D eigenvalue weighted by Crippen LogP contribution is 2.15. The van der Waals surface area contributed by atoms with E-state index in [-0.39, 0.29) is 11.5 Å². The normalized spacial score (nSPS) is 12.7. The number of hydrogen-bond acceptors (Lipinski definition) is 3. The second-order valence-electron chi connectivity index (χ2n) is 4.14. The van der Waals surface area contributed by atoms with Crippen LogP contribution in [0, 0.1) is 6.92 Å². The van der Waals surface area contributed by atoms with Crippen LogP contribution in [0.2, 0.25) is 0 Å². The average molecular weight is 268 g/mol. The molecule has 1 rings (SSSR count). The number of rotatable bonds is 6. The fraction of sp³-hybridized carbons (Fsp3) is 0.429. The number of hydrogen-bond donors (Lipinski definition) is 0. The average Bonchev–Trinajstić information content (AvgIpc) is 2.35. The van der Waals surface area contributed by atoms with Crippen molar-refractivity contribution < 1.29 is 12.6 Å². The van der Waals surface area contributed by atoms with E-state index < -0.39 is 10.1 Å². The molecule has 0 aliphatic rings. The summed E-state index contributed by atoms with van der Waals surface area (Å²) in [5, 5.41) is 0. The zero-order valence-corrected chi connectivity index (χ0v) is 12.0. The van der Waals surface area contributed by atoms with Crippen LogP contribution in [-0.4, -0.2) is 15.0 Å². The van der Waals surface area contributed by atoms with Crippen molar-refractivity contribution in [2.45, 2.75) is 38.5 Å². The van der Waals surface area contributed by atoms with Gasteiger partial charge in [-0.15, -0.1) is 0 Å². The second-order valence-corrected chi connectivity index (χ2v) is 5.75. The van der Waals surface area contributed by atoms with Crippen molar-refractivity contribution in [3.63, 3.8) is 0 Å². The summed E-state index contributed by atoms with van der Waals surface area (Å²) in [6.07, 6.45) is 3.57. The van der Waals surface area contributed by atoms with Gasteiger partial charge in [0.05, 0.1) is 11.5 Å². The minimum absolute atomic E-state index is 0.198. The third-order valence-corrected chi connectivity index (χ3v) is 4.16. The molecular formula is C14H20O3S. The minimum Gasteiger partial charge on any atom is -0.266 e. The minimum atomic E-state index is -3.62. The fourth-order valence-electron chi connectivity index (χ4n) is 1.58. The molecule has 0 unspecified atom stereocenters. The molecule has 0 heterocycles. The highest BCUT2D eigenvalue weighted by Gasteiger charge is 2.14. The highest BCUT2D eigenvalue weighted by atomic mass is 32.2. The Kier molecular flexibility index (Phi) is 5.56. The number of allylic oxidation sites excluding steroid dienone is 1. The molecule has 0 aromatic heterocycles. The van der Waals surface area contributed by atoms with Crippen LogP contribution >= 0.6 is 0 Å². The first kappa shape index (κ1) is 14.9. The van der Waals surface area contributed by atoms with Crippen LogP contribution in [0.1, 0.15) is 32.3 Å². The van der Waals surface area contributed by atoms with E-state index in [1.165, 1.54) is 5.57 Å². The van der Waals surface area contributed by atoms with Gasteiger partial charge in [0.15, 0.2) is 0 Å². The van der Waals surface area contributed by atoms with Gasteiger partial charge in [0.2, 0.25) is 0 Å². The largest absolute Gasteiger partial charge is 0.296 e. The van der Waals surface area contributed by atoms with E-state index in [1.54, 1.807) is 24.3 Å². The zero-order chi connectivity index (χ0) is 13.6. The molecular weight excluding hydrogens is 248 g/mol. The first-order valence-electron chi connectivity index (χ1n) is 6.09. The molecule has 1 aromatic carbocycles. The van der Waals surface area contributed by atoms with Gasteiger partial charge in [-0.2, -0.15) is 8.42 Å². The van der Waals surface area contributed by atoms with Crippen LogP contribution in [0.3, 0.4) is 0 Å². The van der Waals surface area contributed by atoms with E-state index in [2.05, 4.69) is 0 Å². The molecule has 1 aromatic rings. The van der Waals surface area contributed by atoms with Crippen LogP contribution in [0.5, 0.6) is 0 Å². The van der Waals surface area contributed by atoms with Crippen LogP contribution in [0.4, 0.5) is 0 Å². The van der Waals surface area contributed by atoms with Gasteiger partial charge in [0, 0.05) is 0 Å². The van der Waals surface area contributed by atoms with Crippen molar-refractivity contribution in [1.29, 1.82) is 0 Å². The van der Waals surface area contributed by atoms with E-state index >= 15 is 0 Å². The molecule has 0 fully saturated rings. The molecule has 100 valence electrons. The van der Waals surface area contributed by atoms with Crippen LogP contribution < -0.4 is 0 Å². The van der Waals surface area contributed by atoms with Gasteiger partial charge in [-0.25, -0.2) is 0 Å². The van der Waals surface area contributed by atoms with E-state index in [1.807, 2.05) is 26.8 Å². The summed E-state index contributed by atoms with van der Waals surface area (Å²) in [4.78, 5) is 0.214. The molecule has 0 saturated carbocycles. The lowest BCUT2D eigenvalue weighted by Crippen LogP contribution is -2.08. The molecule has 0 N–H and O–H groups in total. The lowest BCUT2D eigenvalue weighted by Gasteiger charge is -2.07. The maximum absolute atomic E-state index is 11.9. The Balaban J connectivity index is 2.63. The third-order valence-electron chi connectivity index (χ3n) is 2.83. The van der Waals surface area contributed by atoms with Gasteiger partial charge in [-0.1, -0.05) is 36.3 Å². The predicted octanol–water partition coefficient (Wildman–Crippen LogP) is 3.45. The molecule has 0 spiro atoms. The van der Waals surface area contributed by atoms with Crippen molar-refractivity contribution in [2.75, 3.05) is 6.61 Å². The highest BCUT2D eigenvalue weighted by molar-refractivity contribution is 7.86. The Morgan fingerprint density at radius 3 is 2.39 bits per heavy atom. The van der Waals surface area contributed by atoms with Gasteiger partial charge in [-0.05, 0) is 38.8 Å². The standard InChI is InChI=1S/C14H20O3S/c1-4-13(5-2)10-11-17-18(15,16)14-8-6-12(3)7-9-14/h4,6-9H,5,10-11H2,1-3H3. The van der Waals surface area contributed by atoms with Crippen molar-refractivity contribution in [1.82, 2.24) is 0 Å². The van der Waals surface area contributed by atoms with Gasteiger partial charge in [-0.3, -0.25) is 4.18 Å². The topological polar surface area (TPSA) is 43.4 Å². The summed E-state index contributed by atoms with van der Waals surface area (Å²) in [6.45, 7) is 6.11. The van der Waals surface area contributed by atoms with Crippen LogP contribution in [0.15, 0.2) is 40.8 Å². The zero-order valence-electron chi connectivity index (χ0n) is 11.1. The number of aryl methyl sites for hydroxylation is 1. The van der Waals surface area contributed by atoms with Crippen LogP contribution in [-0.2, 0) is 14.3 Å². The lowest BCUT2D eigenvalue weighted by atomic mass is 10.1. The molecule has 0 aliphatic carbocycles.